The lowest BCUT2D eigenvalue weighted by Crippen LogP contribution is -2.36. The molecule has 3 aromatic rings. The topological polar surface area (TPSA) is 71.8 Å². The molecule has 0 aliphatic carbocycles. The van der Waals surface area contributed by atoms with Crippen LogP contribution in [0.4, 0.5) is 5.69 Å². The van der Waals surface area contributed by atoms with Gasteiger partial charge in [0.25, 0.3) is 5.91 Å². The lowest BCUT2D eigenvalue weighted by Gasteiger charge is -2.29. The smallest absolute Gasteiger partial charge is 0.272 e. The minimum atomic E-state index is -0.208. The number of ether oxygens (including phenoxy) is 1. The number of nitrogens with zero attached hydrogens (tertiary/aromatic N) is 4. The number of hydrogen-bond acceptors (Lipinski definition) is 5. The van der Waals surface area contributed by atoms with Gasteiger partial charge in [0.2, 0.25) is 0 Å². The first-order chi connectivity index (χ1) is 12.7. The lowest BCUT2D eigenvalue weighted by molar-refractivity contribution is 0.0934. The van der Waals surface area contributed by atoms with Crippen LogP contribution in [0.5, 0.6) is 0 Å². The zero-order valence-electron chi connectivity index (χ0n) is 14.6. The van der Waals surface area contributed by atoms with Crippen molar-refractivity contribution < 1.29 is 9.53 Å². The molecule has 3 heterocycles. The average molecular weight is 351 g/mol. The number of benzene rings is 1. The number of carbonyl (C=O) groups excluding carboxylic acids is 1. The van der Waals surface area contributed by atoms with Crippen LogP contribution < -0.4 is 10.2 Å². The van der Waals surface area contributed by atoms with Gasteiger partial charge < -0.3 is 15.0 Å². The molecule has 134 valence electrons. The van der Waals surface area contributed by atoms with Crippen LogP contribution in [-0.2, 0) is 4.74 Å². The van der Waals surface area contributed by atoms with Crippen LogP contribution in [0.2, 0.25) is 0 Å². The van der Waals surface area contributed by atoms with Crippen LogP contribution in [-0.4, -0.2) is 46.8 Å². The Labute approximate surface area is 151 Å². The fourth-order valence-electron chi connectivity index (χ4n) is 3.09. The third-order valence-electron chi connectivity index (χ3n) is 4.59. The van der Waals surface area contributed by atoms with Crippen molar-refractivity contribution in [2.75, 3.05) is 31.2 Å². The van der Waals surface area contributed by atoms with Gasteiger partial charge in [-0.1, -0.05) is 12.1 Å². The number of hydrogen-bond donors (Lipinski definition) is 1. The molecule has 2 aromatic heterocycles. The summed E-state index contributed by atoms with van der Waals surface area (Å²) in [5.74, 6) is -0.208. The quantitative estimate of drug-likeness (QED) is 0.779. The number of anilines is 1. The van der Waals surface area contributed by atoms with Crippen molar-refractivity contribution in [3.63, 3.8) is 0 Å². The maximum absolute atomic E-state index is 12.5. The van der Waals surface area contributed by atoms with Crippen LogP contribution in [0, 0.1) is 0 Å². The highest BCUT2D eigenvalue weighted by Gasteiger charge is 2.16. The first kappa shape index (κ1) is 16.5. The minimum Gasteiger partial charge on any atom is -0.378 e. The molecule has 1 aliphatic rings. The number of rotatable bonds is 4. The average Bonchev–Trinajstić information content (AvgIpc) is 3.13. The van der Waals surface area contributed by atoms with Crippen LogP contribution >= 0.6 is 0 Å². The molecule has 1 aliphatic heterocycles. The van der Waals surface area contributed by atoms with Gasteiger partial charge in [-0.15, -0.1) is 0 Å². The van der Waals surface area contributed by atoms with Gasteiger partial charge in [0.1, 0.15) is 0 Å². The summed E-state index contributed by atoms with van der Waals surface area (Å²) in [6.07, 6.45) is 3.45. The summed E-state index contributed by atoms with van der Waals surface area (Å²) < 4.78 is 6.98. The van der Waals surface area contributed by atoms with Gasteiger partial charge in [-0.05, 0) is 30.7 Å². The number of fused-ring (bicyclic) bond motifs is 1. The third-order valence-corrected chi connectivity index (χ3v) is 4.59. The van der Waals surface area contributed by atoms with E-state index in [1.54, 1.807) is 29.0 Å². The van der Waals surface area contributed by atoms with Gasteiger partial charge in [0.15, 0.2) is 11.3 Å². The summed E-state index contributed by atoms with van der Waals surface area (Å²) >= 11 is 0. The molecule has 0 bridgehead atoms. The van der Waals surface area contributed by atoms with E-state index in [1.807, 2.05) is 6.92 Å². The Morgan fingerprint density at radius 1 is 1.23 bits per heavy atom. The molecule has 4 rings (SSSR count). The minimum absolute atomic E-state index is 0.112. The Morgan fingerprint density at radius 3 is 2.73 bits per heavy atom. The van der Waals surface area contributed by atoms with E-state index in [0.29, 0.717) is 11.3 Å². The largest absolute Gasteiger partial charge is 0.378 e. The molecule has 7 nitrogen and oxygen atoms in total. The summed E-state index contributed by atoms with van der Waals surface area (Å²) in [5.41, 5.74) is 3.25. The summed E-state index contributed by atoms with van der Waals surface area (Å²) in [6.45, 7) is 5.32. The summed E-state index contributed by atoms with van der Waals surface area (Å²) in [6, 6.07) is 11.7. The Balaban J connectivity index is 1.43. The van der Waals surface area contributed by atoms with Crippen LogP contribution in [0.1, 0.15) is 29.0 Å². The molecule has 0 saturated carbocycles. The van der Waals surface area contributed by atoms with Crippen molar-refractivity contribution in [2.45, 2.75) is 13.0 Å². The third kappa shape index (κ3) is 3.39. The second kappa shape index (κ2) is 7.13. The fraction of sp³-hybridized carbons (Fsp3) is 0.316. The van der Waals surface area contributed by atoms with Gasteiger partial charge in [-0.3, -0.25) is 4.79 Å². The lowest BCUT2D eigenvalue weighted by atomic mass is 10.1. The zero-order chi connectivity index (χ0) is 17.9. The zero-order valence-corrected chi connectivity index (χ0v) is 14.6. The SMILES string of the molecule is CC(NC(=O)c1cc2ncccn2n1)c1ccc(N2CCOCC2)cc1. The predicted molar refractivity (Wildman–Crippen MR) is 98.3 cm³/mol. The predicted octanol–water partition coefficient (Wildman–Crippen LogP) is 2.06. The molecule has 1 atom stereocenters. The van der Waals surface area contributed by atoms with E-state index < -0.39 is 0 Å². The summed E-state index contributed by atoms with van der Waals surface area (Å²) in [5, 5.41) is 7.25. The Bertz CT molecular complexity index is 867. The van der Waals surface area contributed by atoms with Crippen molar-refractivity contribution >= 4 is 17.2 Å². The maximum atomic E-state index is 12.5. The second-order valence-electron chi connectivity index (χ2n) is 6.34. The van der Waals surface area contributed by atoms with Gasteiger partial charge in [0.05, 0.1) is 19.3 Å². The first-order valence-electron chi connectivity index (χ1n) is 8.74. The van der Waals surface area contributed by atoms with Gasteiger partial charge in [0, 0.05) is 37.2 Å². The van der Waals surface area contributed by atoms with E-state index in [1.165, 1.54) is 5.69 Å². The van der Waals surface area contributed by atoms with Crippen molar-refractivity contribution in [2.24, 2.45) is 0 Å². The highest BCUT2D eigenvalue weighted by molar-refractivity contribution is 5.93. The van der Waals surface area contributed by atoms with E-state index in [0.717, 1.165) is 31.9 Å². The molecule has 1 amide bonds. The van der Waals surface area contributed by atoms with E-state index in [4.69, 9.17) is 4.74 Å². The van der Waals surface area contributed by atoms with Gasteiger partial charge in [-0.2, -0.15) is 5.10 Å². The van der Waals surface area contributed by atoms with Crippen molar-refractivity contribution in [1.82, 2.24) is 19.9 Å². The number of nitrogens with one attached hydrogen (secondary N) is 1. The van der Waals surface area contributed by atoms with Gasteiger partial charge in [-0.25, -0.2) is 9.50 Å². The highest BCUT2D eigenvalue weighted by Crippen LogP contribution is 2.20. The van der Waals surface area contributed by atoms with E-state index in [9.17, 15) is 4.79 Å². The standard InChI is InChI=1S/C19H21N5O2/c1-14(15-3-5-16(6-4-15)23-9-11-26-12-10-23)21-19(25)17-13-18-20-7-2-8-24(18)22-17/h2-8,13-14H,9-12H2,1H3,(H,21,25). The molecule has 0 radical (unpaired) electrons. The van der Waals surface area contributed by atoms with Crippen LogP contribution in [0.15, 0.2) is 48.8 Å². The maximum Gasteiger partial charge on any atom is 0.272 e. The monoisotopic (exact) mass is 351 g/mol. The van der Waals surface area contributed by atoms with Crippen LogP contribution in [0.3, 0.4) is 0 Å². The number of aromatic nitrogens is 3. The second-order valence-corrected chi connectivity index (χ2v) is 6.34. The van der Waals surface area contributed by atoms with E-state index in [2.05, 4.69) is 44.6 Å². The highest BCUT2D eigenvalue weighted by atomic mass is 16.5. The molecular weight excluding hydrogens is 330 g/mol. The van der Waals surface area contributed by atoms with E-state index >= 15 is 0 Å². The van der Waals surface area contributed by atoms with Crippen LogP contribution in [0.25, 0.3) is 5.65 Å². The number of amides is 1. The molecule has 1 saturated heterocycles. The van der Waals surface area contributed by atoms with Crippen molar-refractivity contribution in [3.8, 4) is 0 Å². The molecule has 1 N–H and O–H groups in total. The molecule has 1 fully saturated rings. The molecule has 1 aromatic carbocycles. The number of carbonyl (C=O) groups is 1. The molecule has 26 heavy (non-hydrogen) atoms. The Hall–Kier alpha value is -2.93. The number of morpholine rings is 1. The molecule has 7 heteroatoms. The summed E-state index contributed by atoms with van der Waals surface area (Å²) in [7, 11) is 0. The molecular formula is C19H21N5O2. The Kier molecular flexibility index (Phi) is 4.53. The summed E-state index contributed by atoms with van der Waals surface area (Å²) in [4.78, 5) is 19.0. The first-order valence-corrected chi connectivity index (χ1v) is 8.74. The molecule has 1 unspecified atom stereocenters. The van der Waals surface area contributed by atoms with Gasteiger partial charge >= 0.3 is 0 Å². The Morgan fingerprint density at radius 2 is 2.00 bits per heavy atom. The van der Waals surface area contributed by atoms with Crippen molar-refractivity contribution in [3.05, 3.63) is 60.0 Å². The fourth-order valence-corrected chi connectivity index (χ4v) is 3.09. The normalized spacial score (nSPS) is 15.8. The van der Waals surface area contributed by atoms with Crippen molar-refractivity contribution in [1.29, 1.82) is 0 Å². The van der Waals surface area contributed by atoms with E-state index in [-0.39, 0.29) is 11.9 Å². The molecule has 0 spiro atoms.